The summed E-state index contributed by atoms with van der Waals surface area (Å²) in [5.41, 5.74) is 4.45. The molecule has 1 amide bonds. The minimum absolute atomic E-state index is 0.0612. The molecule has 4 rings (SSSR count). The molecule has 32 heavy (non-hydrogen) atoms. The highest BCUT2D eigenvalue weighted by molar-refractivity contribution is 6.09. The summed E-state index contributed by atoms with van der Waals surface area (Å²) in [4.78, 5) is 31.2. The second-order valence-electron chi connectivity index (χ2n) is 9.34. The maximum Gasteiger partial charge on any atom is 0.255 e. The van der Waals surface area contributed by atoms with Crippen LogP contribution in [-0.2, 0) is 9.59 Å². The van der Waals surface area contributed by atoms with Gasteiger partial charge in [0.15, 0.2) is 5.78 Å². The van der Waals surface area contributed by atoms with E-state index in [9.17, 15) is 9.59 Å². The molecule has 6 nitrogen and oxygen atoms in total. The van der Waals surface area contributed by atoms with E-state index >= 15 is 0 Å². The van der Waals surface area contributed by atoms with Gasteiger partial charge in [0.25, 0.3) is 5.91 Å². The van der Waals surface area contributed by atoms with E-state index in [1.165, 1.54) is 0 Å². The predicted octanol–water partition coefficient (Wildman–Crippen LogP) is 4.64. The van der Waals surface area contributed by atoms with Gasteiger partial charge >= 0.3 is 0 Å². The number of rotatable bonds is 4. The summed E-state index contributed by atoms with van der Waals surface area (Å²) in [5.74, 6) is 0.385. The van der Waals surface area contributed by atoms with E-state index in [4.69, 9.17) is 4.74 Å². The fourth-order valence-corrected chi connectivity index (χ4v) is 4.74. The fourth-order valence-electron chi connectivity index (χ4n) is 4.74. The van der Waals surface area contributed by atoms with Gasteiger partial charge in [0.1, 0.15) is 11.6 Å². The van der Waals surface area contributed by atoms with Crippen molar-refractivity contribution in [2.75, 3.05) is 12.4 Å². The number of aryl methyl sites for hydroxylation is 1. The molecule has 0 fully saturated rings. The average molecular weight is 432 g/mol. The number of Topliss-reactive ketones (excluding diaryl/α,β-unsaturated/α-hetero) is 1. The van der Waals surface area contributed by atoms with E-state index in [0.29, 0.717) is 29.1 Å². The van der Waals surface area contributed by atoms with Crippen LogP contribution in [0.4, 0.5) is 5.82 Å². The SMILES string of the molecule is COc1ccccc1[C@H]1C(C(=O)Nc2cc(C)ccn2)=C(C)NC2=C1C(=O)CC(C)(C)C2. The second-order valence-corrected chi connectivity index (χ2v) is 9.34. The van der Waals surface area contributed by atoms with E-state index in [1.807, 2.05) is 50.2 Å². The highest BCUT2D eigenvalue weighted by Gasteiger charge is 2.43. The molecule has 0 spiro atoms. The first kappa shape index (κ1) is 21.8. The van der Waals surface area contributed by atoms with Crippen LogP contribution in [0.25, 0.3) is 0 Å². The lowest BCUT2D eigenvalue weighted by Crippen LogP contribution is -2.39. The number of methoxy groups -OCH3 is 1. The Labute approximate surface area is 188 Å². The first-order chi connectivity index (χ1) is 15.2. The molecule has 2 aromatic rings. The van der Waals surface area contributed by atoms with Gasteiger partial charge in [0.2, 0.25) is 0 Å². The zero-order chi connectivity index (χ0) is 23.0. The molecule has 1 aromatic heterocycles. The highest BCUT2D eigenvalue weighted by Crippen LogP contribution is 2.48. The number of nitrogens with one attached hydrogen (secondary N) is 2. The lowest BCUT2D eigenvalue weighted by Gasteiger charge is -2.39. The van der Waals surface area contributed by atoms with Crippen LogP contribution in [0.2, 0.25) is 0 Å². The van der Waals surface area contributed by atoms with E-state index in [1.54, 1.807) is 13.3 Å². The first-order valence-corrected chi connectivity index (χ1v) is 10.8. The molecule has 2 aliphatic rings. The molecule has 0 saturated carbocycles. The van der Waals surface area contributed by atoms with Crippen LogP contribution in [0, 0.1) is 12.3 Å². The van der Waals surface area contributed by atoms with Gasteiger partial charge in [-0.2, -0.15) is 0 Å². The molecule has 0 radical (unpaired) electrons. The number of dihydropyridines is 1. The summed E-state index contributed by atoms with van der Waals surface area (Å²) >= 11 is 0. The molecular formula is C26H29N3O3. The third-order valence-corrected chi connectivity index (χ3v) is 6.09. The van der Waals surface area contributed by atoms with Crippen LogP contribution in [-0.4, -0.2) is 23.8 Å². The van der Waals surface area contributed by atoms with E-state index in [2.05, 4.69) is 29.5 Å². The summed E-state index contributed by atoms with van der Waals surface area (Å²) in [6, 6.07) is 11.3. The topological polar surface area (TPSA) is 80.3 Å². The summed E-state index contributed by atoms with van der Waals surface area (Å²) in [5, 5.41) is 6.31. The molecule has 1 atom stereocenters. The first-order valence-electron chi connectivity index (χ1n) is 10.8. The highest BCUT2D eigenvalue weighted by atomic mass is 16.5. The maximum atomic E-state index is 13.6. The predicted molar refractivity (Wildman–Crippen MR) is 124 cm³/mol. The van der Waals surface area contributed by atoms with Crippen LogP contribution < -0.4 is 15.4 Å². The van der Waals surface area contributed by atoms with Gasteiger partial charge in [-0.25, -0.2) is 4.98 Å². The van der Waals surface area contributed by atoms with Gasteiger partial charge in [-0.3, -0.25) is 9.59 Å². The molecule has 2 N–H and O–H groups in total. The number of aromatic nitrogens is 1. The molecule has 0 saturated heterocycles. The van der Waals surface area contributed by atoms with Gasteiger partial charge in [0.05, 0.1) is 13.0 Å². The van der Waals surface area contributed by atoms with E-state index in [0.717, 1.165) is 28.9 Å². The third kappa shape index (κ3) is 4.05. The second kappa shape index (κ2) is 8.26. The molecule has 1 aliphatic carbocycles. The van der Waals surface area contributed by atoms with Gasteiger partial charge < -0.3 is 15.4 Å². The zero-order valence-corrected chi connectivity index (χ0v) is 19.2. The molecular weight excluding hydrogens is 402 g/mol. The summed E-state index contributed by atoms with van der Waals surface area (Å²) in [7, 11) is 1.61. The number of carbonyl (C=O) groups is 2. The van der Waals surface area contributed by atoms with Crippen molar-refractivity contribution < 1.29 is 14.3 Å². The number of anilines is 1. The minimum Gasteiger partial charge on any atom is -0.496 e. The number of ether oxygens (including phenoxy) is 1. The fraction of sp³-hybridized carbons (Fsp3) is 0.346. The number of pyridine rings is 1. The van der Waals surface area contributed by atoms with Crippen LogP contribution in [0.5, 0.6) is 5.75 Å². The van der Waals surface area contributed by atoms with Gasteiger partial charge in [-0.15, -0.1) is 0 Å². The lowest BCUT2D eigenvalue weighted by atomic mass is 9.68. The Kier molecular flexibility index (Phi) is 5.63. The smallest absolute Gasteiger partial charge is 0.255 e. The standard InChI is InChI=1S/C26H29N3O3/c1-15-10-11-27-21(12-15)29-25(31)22-16(2)28-18-13-26(3,4)14-19(30)24(18)23(22)17-8-6-7-9-20(17)32-5/h6-12,23,28H,13-14H2,1-5H3,(H,27,29,31)/t23-/m0/s1. The largest absolute Gasteiger partial charge is 0.496 e. The van der Waals surface area contributed by atoms with Crippen LogP contribution in [0.3, 0.4) is 0 Å². The van der Waals surface area contributed by atoms with Gasteiger partial charge in [-0.1, -0.05) is 32.0 Å². The number of ketones is 1. The third-order valence-electron chi connectivity index (χ3n) is 6.09. The monoisotopic (exact) mass is 431 g/mol. The molecule has 2 heterocycles. The molecule has 0 bridgehead atoms. The Morgan fingerprint density at radius 1 is 1.19 bits per heavy atom. The number of hydrogen-bond donors (Lipinski definition) is 2. The van der Waals surface area contributed by atoms with Crippen molar-refractivity contribution in [2.45, 2.75) is 46.5 Å². The number of amides is 1. The summed E-state index contributed by atoms with van der Waals surface area (Å²) < 4.78 is 5.63. The summed E-state index contributed by atoms with van der Waals surface area (Å²) in [6.45, 7) is 8.02. The normalized spacial score (nSPS) is 19.9. The molecule has 1 aliphatic heterocycles. The molecule has 166 valence electrons. The summed E-state index contributed by atoms with van der Waals surface area (Å²) in [6.07, 6.45) is 2.84. The number of carbonyl (C=O) groups excluding carboxylic acids is 2. The quantitative estimate of drug-likeness (QED) is 0.737. The number of hydrogen-bond acceptors (Lipinski definition) is 5. The number of benzene rings is 1. The lowest BCUT2D eigenvalue weighted by molar-refractivity contribution is -0.118. The average Bonchev–Trinajstić information content (AvgIpc) is 2.71. The van der Waals surface area contributed by atoms with Crippen LogP contribution >= 0.6 is 0 Å². The van der Waals surface area contributed by atoms with Crippen molar-refractivity contribution >= 4 is 17.5 Å². The number of para-hydroxylation sites is 1. The Bertz CT molecular complexity index is 1160. The molecule has 6 heteroatoms. The van der Waals surface area contributed by atoms with E-state index < -0.39 is 5.92 Å². The Hall–Kier alpha value is -3.41. The molecule has 1 aromatic carbocycles. The Morgan fingerprint density at radius 3 is 2.66 bits per heavy atom. The Balaban J connectivity index is 1.84. The van der Waals surface area contributed by atoms with Crippen molar-refractivity contribution in [3.05, 3.63) is 76.3 Å². The van der Waals surface area contributed by atoms with Gasteiger partial charge in [0, 0.05) is 40.7 Å². The maximum absolute atomic E-state index is 13.6. The van der Waals surface area contributed by atoms with E-state index in [-0.39, 0.29) is 17.1 Å². The van der Waals surface area contributed by atoms with Crippen LogP contribution in [0.1, 0.15) is 50.7 Å². The Morgan fingerprint density at radius 2 is 1.94 bits per heavy atom. The van der Waals surface area contributed by atoms with Crippen molar-refractivity contribution in [3.63, 3.8) is 0 Å². The van der Waals surface area contributed by atoms with Crippen LogP contribution in [0.15, 0.2) is 65.1 Å². The van der Waals surface area contributed by atoms with Crippen molar-refractivity contribution in [1.82, 2.24) is 10.3 Å². The van der Waals surface area contributed by atoms with Crippen molar-refractivity contribution in [2.24, 2.45) is 5.41 Å². The number of allylic oxidation sites excluding steroid dienone is 3. The zero-order valence-electron chi connectivity index (χ0n) is 19.2. The number of nitrogens with zero attached hydrogens (tertiary/aromatic N) is 1. The van der Waals surface area contributed by atoms with Crippen molar-refractivity contribution in [3.8, 4) is 5.75 Å². The minimum atomic E-state index is -0.518. The van der Waals surface area contributed by atoms with Crippen molar-refractivity contribution in [1.29, 1.82) is 0 Å². The van der Waals surface area contributed by atoms with Gasteiger partial charge in [-0.05, 0) is 49.4 Å². The molecule has 0 unspecified atom stereocenters.